The van der Waals surface area contributed by atoms with Crippen LogP contribution in [-0.4, -0.2) is 23.7 Å². The van der Waals surface area contributed by atoms with Crippen LogP contribution in [0, 0.1) is 0 Å². The van der Waals surface area contributed by atoms with E-state index in [1.165, 1.54) is 65.6 Å². The maximum Gasteiger partial charge on any atom is 0.160 e. The first-order valence-corrected chi connectivity index (χ1v) is 25.6. The summed E-state index contributed by atoms with van der Waals surface area (Å²) in [6, 6.07) is 98.3. The van der Waals surface area contributed by atoms with Crippen molar-refractivity contribution < 1.29 is 0 Å². The highest BCUT2D eigenvalue weighted by molar-refractivity contribution is 6.13. The van der Waals surface area contributed by atoms with E-state index >= 15 is 0 Å². The molecule has 0 saturated carbocycles. The minimum absolute atomic E-state index is 0.664. The summed E-state index contributed by atoms with van der Waals surface area (Å²) in [5.74, 6) is 0.664. The molecule has 0 bridgehead atoms. The highest BCUT2D eigenvalue weighted by Gasteiger charge is 2.21. The van der Waals surface area contributed by atoms with Gasteiger partial charge in [-0.15, -0.1) is 0 Å². The van der Waals surface area contributed by atoms with Gasteiger partial charge in [0.05, 0.1) is 44.5 Å². The second kappa shape index (κ2) is 17.3. The van der Waals surface area contributed by atoms with Crippen LogP contribution < -0.4 is 0 Å². The number of benzene rings is 11. The SMILES string of the molecule is c1ccc(-c2ccc3c(c2)c2ccccc2n3-c2cc(-c3cc(-c4ccc(-n5c6ccccc6c6ccccc65)cc4)nc(-c4ccccc4)n3)cc(-n3c4ccccc4c4cc(-c5ccccc5)ccc43)c2)cc1. The lowest BCUT2D eigenvalue weighted by molar-refractivity contribution is 1.13. The lowest BCUT2D eigenvalue weighted by atomic mass is 10.0. The Kier molecular flexibility index (Phi) is 9.82. The summed E-state index contributed by atoms with van der Waals surface area (Å²) in [6.07, 6.45) is 0. The summed E-state index contributed by atoms with van der Waals surface area (Å²) >= 11 is 0. The van der Waals surface area contributed by atoms with Crippen molar-refractivity contribution in [3.05, 3.63) is 273 Å². The Balaban J connectivity index is 0.967. The molecule has 0 radical (unpaired) electrons. The zero-order chi connectivity index (χ0) is 49.4. The van der Waals surface area contributed by atoms with Gasteiger partial charge in [-0.1, -0.05) is 188 Å². The van der Waals surface area contributed by atoms with E-state index in [4.69, 9.17) is 9.97 Å². The first-order valence-electron chi connectivity index (χ1n) is 25.6. The summed E-state index contributed by atoms with van der Waals surface area (Å²) in [6.45, 7) is 0. The van der Waals surface area contributed by atoms with Crippen molar-refractivity contribution >= 4 is 65.4 Å². The standard InChI is InChI=1S/C70H45N5/c1-4-18-46(19-5-1)50-34-38-68-60(42-50)58-26-12-16-30-66(58)74(68)54-40-52(41-55(44-54)75-67-31-17-13-27-59(67)61-43-51(35-39-69(61)75)47-20-6-2-7-21-47)63-45-62(71-70(72-63)49-22-8-3-9-23-49)48-32-36-53(37-33-48)73-64-28-14-10-24-56(64)57-25-11-15-29-65(57)73/h1-45H. The number of hydrogen-bond acceptors (Lipinski definition) is 2. The summed E-state index contributed by atoms with van der Waals surface area (Å²) in [4.78, 5) is 10.8. The van der Waals surface area contributed by atoms with Gasteiger partial charge in [0.25, 0.3) is 0 Å². The van der Waals surface area contributed by atoms with Gasteiger partial charge in [0.1, 0.15) is 0 Å². The van der Waals surface area contributed by atoms with Crippen molar-refractivity contribution in [2.45, 2.75) is 0 Å². The molecular weight excluding hydrogens is 911 g/mol. The normalized spacial score (nSPS) is 11.7. The van der Waals surface area contributed by atoms with Gasteiger partial charge in [0.2, 0.25) is 0 Å². The monoisotopic (exact) mass is 955 g/mol. The van der Waals surface area contributed by atoms with Crippen LogP contribution in [0.25, 0.3) is 139 Å². The van der Waals surface area contributed by atoms with E-state index < -0.39 is 0 Å². The highest BCUT2D eigenvalue weighted by atomic mass is 15.0. The Labute approximate surface area is 433 Å². The second-order valence-corrected chi connectivity index (χ2v) is 19.4. The van der Waals surface area contributed by atoms with Crippen LogP contribution in [0.2, 0.25) is 0 Å². The van der Waals surface area contributed by atoms with Crippen LogP contribution in [0.15, 0.2) is 273 Å². The maximum absolute atomic E-state index is 5.48. The molecular formula is C70H45N5. The molecule has 0 amide bonds. The van der Waals surface area contributed by atoms with Crippen molar-refractivity contribution in [2.24, 2.45) is 0 Å². The second-order valence-electron chi connectivity index (χ2n) is 19.4. The zero-order valence-electron chi connectivity index (χ0n) is 40.7. The quantitative estimate of drug-likeness (QED) is 0.152. The molecule has 0 atom stereocenters. The van der Waals surface area contributed by atoms with Gasteiger partial charge in [0, 0.05) is 66.1 Å². The smallest absolute Gasteiger partial charge is 0.160 e. The molecule has 5 nitrogen and oxygen atoms in total. The summed E-state index contributed by atoms with van der Waals surface area (Å²) < 4.78 is 7.22. The number of fused-ring (bicyclic) bond motifs is 9. The Bertz CT molecular complexity index is 4450. The minimum Gasteiger partial charge on any atom is -0.309 e. The molecule has 15 aromatic rings. The van der Waals surface area contributed by atoms with Crippen LogP contribution in [0.5, 0.6) is 0 Å². The zero-order valence-corrected chi connectivity index (χ0v) is 40.7. The molecule has 0 fully saturated rings. The van der Waals surface area contributed by atoms with Gasteiger partial charge in [-0.3, -0.25) is 0 Å². The van der Waals surface area contributed by atoms with Crippen molar-refractivity contribution in [1.29, 1.82) is 0 Å². The Morgan fingerprint density at radius 2 is 0.547 bits per heavy atom. The lowest BCUT2D eigenvalue weighted by Gasteiger charge is -2.17. The fraction of sp³-hybridized carbons (Fsp3) is 0. The molecule has 11 aromatic carbocycles. The molecule has 4 aromatic heterocycles. The van der Waals surface area contributed by atoms with E-state index in [-0.39, 0.29) is 0 Å². The van der Waals surface area contributed by atoms with Crippen LogP contribution in [0.3, 0.4) is 0 Å². The van der Waals surface area contributed by atoms with Gasteiger partial charge in [-0.05, 0) is 107 Å². The summed E-state index contributed by atoms with van der Waals surface area (Å²) in [5, 5.41) is 7.27. The fourth-order valence-corrected chi connectivity index (χ4v) is 11.6. The Morgan fingerprint density at radius 3 is 1.00 bits per heavy atom. The molecule has 4 heterocycles. The molecule has 0 unspecified atom stereocenters. The average Bonchev–Trinajstić information content (AvgIpc) is 4.14. The molecule has 0 aliphatic rings. The molecule has 350 valence electrons. The average molecular weight is 956 g/mol. The third-order valence-electron chi connectivity index (χ3n) is 15.0. The van der Waals surface area contributed by atoms with Crippen LogP contribution in [0.1, 0.15) is 0 Å². The Hall–Kier alpha value is -10.1. The van der Waals surface area contributed by atoms with Crippen molar-refractivity contribution in [2.75, 3.05) is 0 Å². The van der Waals surface area contributed by atoms with E-state index in [9.17, 15) is 0 Å². The third kappa shape index (κ3) is 7.08. The molecule has 75 heavy (non-hydrogen) atoms. The number of para-hydroxylation sites is 4. The number of aromatic nitrogens is 5. The summed E-state index contributed by atoms with van der Waals surface area (Å²) in [5.41, 5.74) is 19.4. The number of rotatable bonds is 8. The van der Waals surface area contributed by atoms with Gasteiger partial charge in [-0.2, -0.15) is 0 Å². The molecule has 0 saturated heterocycles. The molecule has 5 heteroatoms. The fourth-order valence-electron chi connectivity index (χ4n) is 11.6. The predicted octanol–water partition coefficient (Wildman–Crippen LogP) is 18.1. The van der Waals surface area contributed by atoms with Crippen molar-refractivity contribution in [1.82, 2.24) is 23.7 Å². The third-order valence-corrected chi connectivity index (χ3v) is 15.0. The maximum atomic E-state index is 5.48. The van der Waals surface area contributed by atoms with Gasteiger partial charge in [-0.25, -0.2) is 9.97 Å². The van der Waals surface area contributed by atoms with Crippen molar-refractivity contribution in [3.8, 4) is 73.2 Å². The molecule has 0 aliphatic carbocycles. The number of hydrogen-bond donors (Lipinski definition) is 0. The van der Waals surface area contributed by atoms with E-state index in [0.717, 1.165) is 67.2 Å². The summed E-state index contributed by atoms with van der Waals surface area (Å²) in [7, 11) is 0. The van der Waals surface area contributed by atoms with Crippen molar-refractivity contribution in [3.63, 3.8) is 0 Å². The topological polar surface area (TPSA) is 40.6 Å². The Morgan fingerprint density at radius 1 is 0.200 bits per heavy atom. The molecule has 0 spiro atoms. The van der Waals surface area contributed by atoms with Crippen LogP contribution in [-0.2, 0) is 0 Å². The first-order chi connectivity index (χ1) is 37.2. The van der Waals surface area contributed by atoms with E-state index in [0.29, 0.717) is 5.82 Å². The van der Waals surface area contributed by atoms with Crippen LogP contribution in [0.4, 0.5) is 0 Å². The first kappa shape index (κ1) is 42.6. The largest absolute Gasteiger partial charge is 0.309 e. The predicted molar refractivity (Wildman–Crippen MR) is 312 cm³/mol. The minimum atomic E-state index is 0.664. The van der Waals surface area contributed by atoms with E-state index in [1.54, 1.807) is 0 Å². The highest BCUT2D eigenvalue weighted by Crippen LogP contribution is 2.41. The molecule has 15 rings (SSSR count). The lowest BCUT2D eigenvalue weighted by Crippen LogP contribution is -2.02. The van der Waals surface area contributed by atoms with Gasteiger partial charge in [0.15, 0.2) is 5.82 Å². The van der Waals surface area contributed by atoms with Gasteiger partial charge < -0.3 is 13.7 Å². The molecule has 0 N–H and O–H groups in total. The van der Waals surface area contributed by atoms with E-state index in [2.05, 4.69) is 281 Å². The number of nitrogens with zero attached hydrogens (tertiary/aromatic N) is 5. The van der Waals surface area contributed by atoms with Crippen LogP contribution >= 0.6 is 0 Å². The molecule has 0 aliphatic heterocycles. The van der Waals surface area contributed by atoms with Gasteiger partial charge >= 0.3 is 0 Å². The van der Waals surface area contributed by atoms with E-state index in [1.807, 2.05) is 6.07 Å².